The Morgan fingerprint density at radius 3 is 2.43 bits per heavy atom. The van der Waals surface area contributed by atoms with Crippen LogP contribution in [0.3, 0.4) is 0 Å². The third-order valence-corrected chi connectivity index (χ3v) is 6.91. The predicted octanol–water partition coefficient (Wildman–Crippen LogP) is 0.132. The second-order valence-electron chi connectivity index (χ2n) is 5.54. The van der Waals surface area contributed by atoms with Gasteiger partial charge in [-0.2, -0.15) is 0 Å². The van der Waals surface area contributed by atoms with Gasteiger partial charge in [0.05, 0.1) is 16.4 Å². The van der Waals surface area contributed by atoms with E-state index in [1.807, 2.05) is 6.92 Å². The summed E-state index contributed by atoms with van der Waals surface area (Å²) in [5.41, 5.74) is -0.461. The first kappa shape index (κ1) is 16.4. The first-order valence-corrected chi connectivity index (χ1v) is 10.0. The van der Waals surface area contributed by atoms with Crippen molar-refractivity contribution in [2.24, 2.45) is 0 Å². The fourth-order valence-electron chi connectivity index (χ4n) is 2.38. The van der Waals surface area contributed by atoms with Crippen molar-refractivity contribution in [1.29, 1.82) is 0 Å². The monoisotopic (exact) mass is 332 g/mol. The van der Waals surface area contributed by atoms with Crippen LogP contribution in [-0.4, -0.2) is 47.0 Å². The smallest absolute Gasteiger partial charge is 0.240 e. The van der Waals surface area contributed by atoms with E-state index in [2.05, 4.69) is 10.0 Å². The van der Waals surface area contributed by atoms with E-state index in [1.165, 1.54) is 12.1 Å². The third-order valence-electron chi connectivity index (χ3n) is 3.53. The van der Waals surface area contributed by atoms with Gasteiger partial charge in [-0.25, -0.2) is 21.6 Å². The summed E-state index contributed by atoms with van der Waals surface area (Å²) in [7, 11) is -6.47. The van der Waals surface area contributed by atoms with Crippen molar-refractivity contribution < 1.29 is 16.8 Å². The lowest BCUT2D eigenvalue weighted by Gasteiger charge is -2.23. The lowest BCUT2D eigenvalue weighted by Crippen LogP contribution is -2.46. The van der Waals surface area contributed by atoms with Crippen molar-refractivity contribution in [1.82, 2.24) is 10.0 Å². The molecule has 21 heavy (non-hydrogen) atoms. The van der Waals surface area contributed by atoms with E-state index in [0.717, 1.165) is 0 Å². The number of benzene rings is 1. The number of nitrogens with one attached hydrogen (secondary N) is 2. The summed E-state index contributed by atoms with van der Waals surface area (Å²) in [6.45, 7) is 2.45. The molecule has 2 N–H and O–H groups in total. The molecule has 0 bridgehead atoms. The average molecular weight is 332 g/mol. The fourth-order valence-corrected chi connectivity index (χ4v) is 5.56. The van der Waals surface area contributed by atoms with Crippen LogP contribution in [0.2, 0.25) is 0 Å². The summed E-state index contributed by atoms with van der Waals surface area (Å²) in [5, 5.41) is 3.13. The van der Waals surface area contributed by atoms with Gasteiger partial charge in [0, 0.05) is 18.6 Å². The third kappa shape index (κ3) is 4.50. The zero-order chi connectivity index (χ0) is 15.6. The van der Waals surface area contributed by atoms with E-state index in [4.69, 9.17) is 0 Å². The molecule has 6 nitrogen and oxygen atoms in total. The van der Waals surface area contributed by atoms with Gasteiger partial charge in [-0.15, -0.1) is 0 Å². The van der Waals surface area contributed by atoms with Gasteiger partial charge in [-0.1, -0.05) is 18.2 Å². The van der Waals surface area contributed by atoms with E-state index < -0.39 is 25.4 Å². The molecule has 0 aliphatic carbocycles. The van der Waals surface area contributed by atoms with Crippen LogP contribution in [0, 0.1) is 0 Å². The highest BCUT2D eigenvalue weighted by molar-refractivity contribution is 7.91. The molecule has 118 valence electrons. The Hall–Kier alpha value is -0.960. The highest BCUT2D eigenvalue weighted by Crippen LogP contribution is 2.22. The lowest BCUT2D eigenvalue weighted by molar-refractivity contribution is 0.400. The van der Waals surface area contributed by atoms with Crippen molar-refractivity contribution in [3.63, 3.8) is 0 Å². The Balaban J connectivity index is 1.83. The molecule has 1 fully saturated rings. The average Bonchev–Trinajstić information content (AvgIpc) is 2.70. The Labute approximate surface area is 125 Å². The topological polar surface area (TPSA) is 92.3 Å². The minimum absolute atomic E-state index is 0.103. The summed E-state index contributed by atoms with van der Waals surface area (Å²) < 4.78 is 49.4. The van der Waals surface area contributed by atoms with E-state index in [9.17, 15) is 16.8 Å². The molecular weight excluding hydrogens is 312 g/mol. The van der Waals surface area contributed by atoms with E-state index in [0.29, 0.717) is 13.0 Å². The molecule has 0 aromatic heterocycles. The quantitative estimate of drug-likeness (QED) is 0.723. The molecule has 1 aliphatic rings. The molecule has 1 aliphatic heterocycles. The van der Waals surface area contributed by atoms with Crippen molar-refractivity contribution >= 4 is 19.9 Å². The minimum Gasteiger partial charge on any atom is -0.309 e. The van der Waals surface area contributed by atoms with Crippen molar-refractivity contribution in [3.8, 4) is 0 Å². The summed E-state index contributed by atoms with van der Waals surface area (Å²) in [5.74, 6) is 0.289. The summed E-state index contributed by atoms with van der Waals surface area (Å²) in [6.07, 6.45) is 0.556. The molecule has 1 atom stereocenters. The van der Waals surface area contributed by atoms with Gasteiger partial charge >= 0.3 is 0 Å². The van der Waals surface area contributed by atoms with Crippen LogP contribution in [0.1, 0.15) is 13.3 Å². The largest absolute Gasteiger partial charge is 0.309 e. The van der Waals surface area contributed by atoms with Gasteiger partial charge in [0.15, 0.2) is 9.84 Å². The molecule has 1 aromatic carbocycles. The first-order valence-electron chi connectivity index (χ1n) is 6.73. The number of rotatable bonds is 6. The van der Waals surface area contributed by atoms with Crippen molar-refractivity contribution in [2.75, 3.05) is 24.6 Å². The maximum Gasteiger partial charge on any atom is 0.240 e. The number of hydrogen-bond donors (Lipinski definition) is 2. The van der Waals surface area contributed by atoms with Crippen molar-refractivity contribution in [2.45, 2.75) is 23.8 Å². The highest BCUT2D eigenvalue weighted by Gasteiger charge is 2.37. The summed E-state index contributed by atoms with van der Waals surface area (Å²) >= 11 is 0. The maximum atomic E-state index is 12.0. The number of sulfone groups is 1. The zero-order valence-electron chi connectivity index (χ0n) is 11.9. The predicted molar refractivity (Wildman–Crippen MR) is 81.3 cm³/mol. The highest BCUT2D eigenvalue weighted by atomic mass is 32.2. The van der Waals surface area contributed by atoms with E-state index in [1.54, 1.807) is 18.2 Å². The molecule has 1 saturated heterocycles. The van der Waals surface area contributed by atoms with E-state index in [-0.39, 0.29) is 22.9 Å². The number of sulfonamides is 1. The van der Waals surface area contributed by atoms with Gasteiger partial charge in [0.2, 0.25) is 10.0 Å². The Bertz CT molecular complexity index is 686. The van der Waals surface area contributed by atoms with E-state index >= 15 is 0 Å². The molecule has 1 aromatic rings. The normalized spacial score (nSPS) is 25.0. The number of hydrogen-bond acceptors (Lipinski definition) is 5. The van der Waals surface area contributed by atoms with Crippen LogP contribution in [0.15, 0.2) is 35.2 Å². The van der Waals surface area contributed by atoms with Gasteiger partial charge in [-0.3, -0.25) is 0 Å². The molecular formula is C13H20N2O4S2. The molecule has 0 unspecified atom stereocenters. The molecule has 8 heteroatoms. The minimum atomic E-state index is -3.51. The van der Waals surface area contributed by atoms with Crippen LogP contribution in [0.4, 0.5) is 0 Å². The zero-order valence-corrected chi connectivity index (χ0v) is 13.5. The van der Waals surface area contributed by atoms with Crippen LogP contribution in [0.25, 0.3) is 0 Å². The van der Waals surface area contributed by atoms with Gasteiger partial charge in [-0.05, 0) is 25.5 Å². The van der Waals surface area contributed by atoms with Crippen LogP contribution in [0.5, 0.6) is 0 Å². The summed E-state index contributed by atoms with van der Waals surface area (Å²) in [4.78, 5) is 0.222. The molecule has 0 radical (unpaired) electrons. The van der Waals surface area contributed by atoms with Crippen LogP contribution < -0.4 is 10.0 Å². The van der Waals surface area contributed by atoms with Crippen LogP contribution >= 0.6 is 0 Å². The van der Waals surface area contributed by atoms with Crippen molar-refractivity contribution in [3.05, 3.63) is 30.3 Å². The summed E-state index contributed by atoms with van der Waals surface area (Å²) in [6, 6.07) is 8.14. The SMILES string of the molecule is C[C@@]1(NCCNS(=O)(=O)c2ccccc2)CCS(=O)(=O)C1. The second-order valence-corrected chi connectivity index (χ2v) is 9.49. The van der Waals surface area contributed by atoms with Gasteiger partial charge in [0.1, 0.15) is 0 Å². The molecule has 0 saturated carbocycles. The fraction of sp³-hybridized carbons (Fsp3) is 0.538. The lowest BCUT2D eigenvalue weighted by atomic mass is 10.0. The van der Waals surface area contributed by atoms with Gasteiger partial charge < -0.3 is 5.32 Å². The maximum absolute atomic E-state index is 12.0. The Morgan fingerprint density at radius 1 is 1.19 bits per heavy atom. The van der Waals surface area contributed by atoms with Gasteiger partial charge in [0.25, 0.3) is 0 Å². The molecule has 0 spiro atoms. The Morgan fingerprint density at radius 2 is 1.86 bits per heavy atom. The molecule has 1 heterocycles. The molecule has 0 amide bonds. The molecule has 2 rings (SSSR count). The van der Waals surface area contributed by atoms with Crippen LogP contribution in [-0.2, 0) is 19.9 Å². The standard InChI is InChI=1S/C13H20N2O4S2/c1-13(7-10-20(16,17)11-13)14-8-9-15-21(18,19)12-5-3-2-4-6-12/h2-6,14-15H,7-11H2,1H3/t13-/m1/s1. The first-order chi connectivity index (χ1) is 9.73. The Kier molecular flexibility index (Phi) is 4.72. The second kappa shape index (κ2) is 6.04.